The summed E-state index contributed by atoms with van der Waals surface area (Å²) in [6.45, 7) is 3.45. The zero-order chi connectivity index (χ0) is 20.1. The number of amides is 1. The summed E-state index contributed by atoms with van der Waals surface area (Å²) >= 11 is 1.53. The van der Waals surface area contributed by atoms with Gasteiger partial charge >= 0.3 is 0 Å². The number of hydrogen-bond acceptors (Lipinski definition) is 8. The molecule has 0 bridgehead atoms. The Labute approximate surface area is 172 Å². The molecule has 3 aromatic rings. The molecule has 0 saturated carbocycles. The molecule has 4 rings (SSSR count). The quantitative estimate of drug-likeness (QED) is 0.575. The maximum absolute atomic E-state index is 12.8. The van der Waals surface area contributed by atoms with Gasteiger partial charge in [0.05, 0.1) is 25.8 Å². The van der Waals surface area contributed by atoms with E-state index < -0.39 is 0 Å². The van der Waals surface area contributed by atoms with E-state index in [2.05, 4.69) is 37.5 Å². The van der Waals surface area contributed by atoms with Crippen LogP contribution in [0.3, 0.4) is 0 Å². The fraction of sp³-hybridized carbons (Fsp3) is 0.421. The van der Waals surface area contributed by atoms with Crippen molar-refractivity contribution in [3.8, 4) is 0 Å². The average Bonchev–Trinajstić information content (AvgIpc) is 3.42. The zero-order valence-corrected chi connectivity index (χ0v) is 17.0. The van der Waals surface area contributed by atoms with E-state index in [-0.39, 0.29) is 18.5 Å². The van der Waals surface area contributed by atoms with Crippen LogP contribution in [0.1, 0.15) is 22.4 Å². The minimum Gasteiger partial charge on any atom is -0.379 e. The van der Waals surface area contributed by atoms with Crippen LogP contribution in [0.2, 0.25) is 0 Å². The highest BCUT2D eigenvalue weighted by molar-refractivity contribution is 7.09. The van der Waals surface area contributed by atoms with Crippen LogP contribution in [-0.2, 0) is 22.6 Å². The molecular weight excluding hydrogens is 390 g/mol. The first kappa shape index (κ1) is 19.6. The van der Waals surface area contributed by atoms with E-state index in [0.29, 0.717) is 25.6 Å². The number of morpholine rings is 1. The molecule has 0 aliphatic carbocycles. The van der Waals surface area contributed by atoms with Gasteiger partial charge in [-0.15, -0.1) is 16.4 Å². The Balaban J connectivity index is 1.55. The number of hydrogen-bond donors (Lipinski definition) is 0. The topological polar surface area (TPSA) is 89.3 Å². The number of thiazole rings is 1. The van der Waals surface area contributed by atoms with Gasteiger partial charge in [0.25, 0.3) is 0 Å². The van der Waals surface area contributed by atoms with Crippen molar-refractivity contribution in [3.63, 3.8) is 0 Å². The molecule has 2 aromatic heterocycles. The number of nitrogens with zero attached hydrogens (tertiary/aromatic N) is 7. The van der Waals surface area contributed by atoms with Crippen LogP contribution >= 0.6 is 11.3 Å². The van der Waals surface area contributed by atoms with Gasteiger partial charge in [-0.05, 0) is 16.0 Å². The van der Waals surface area contributed by atoms with Gasteiger partial charge in [-0.1, -0.05) is 30.3 Å². The van der Waals surface area contributed by atoms with Gasteiger partial charge < -0.3 is 9.64 Å². The van der Waals surface area contributed by atoms with Crippen molar-refractivity contribution in [2.45, 2.75) is 19.1 Å². The molecule has 3 heterocycles. The Morgan fingerprint density at radius 2 is 2.07 bits per heavy atom. The second-order valence-corrected chi connectivity index (χ2v) is 7.81. The van der Waals surface area contributed by atoms with Crippen LogP contribution in [0, 0.1) is 0 Å². The van der Waals surface area contributed by atoms with E-state index in [1.54, 1.807) is 22.8 Å². The number of carbonyl (C=O) groups excluding carboxylic acids is 1. The SMILES string of the molecule is CN(Cc1nccs1)C(=O)Cn1nnnc1C(c1ccccc1)N1CCOCC1. The monoisotopic (exact) mass is 413 g/mol. The highest BCUT2D eigenvalue weighted by Gasteiger charge is 2.29. The van der Waals surface area contributed by atoms with E-state index in [1.807, 2.05) is 23.6 Å². The predicted octanol–water partition coefficient (Wildman–Crippen LogP) is 1.21. The molecule has 9 nitrogen and oxygen atoms in total. The van der Waals surface area contributed by atoms with Crippen LogP contribution in [-0.4, -0.2) is 74.2 Å². The average molecular weight is 414 g/mol. The number of likely N-dealkylation sites (N-methyl/N-ethyl adjacent to an activating group) is 1. The van der Waals surface area contributed by atoms with Crippen LogP contribution in [0.4, 0.5) is 0 Å². The molecule has 0 radical (unpaired) electrons. The lowest BCUT2D eigenvalue weighted by Crippen LogP contribution is -2.41. The third-order valence-electron chi connectivity index (χ3n) is 4.90. The third kappa shape index (κ3) is 4.66. The molecule has 1 fully saturated rings. The van der Waals surface area contributed by atoms with Gasteiger partial charge in [-0.2, -0.15) is 0 Å². The lowest BCUT2D eigenvalue weighted by molar-refractivity contribution is -0.131. The van der Waals surface area contributed by atoms with Crippen LogP contribution < -0.4 is 0 Å². The zero-order valence-electron chi connectivity index (χ0n) is 16.2. The van der Waals surface area contributed by atoms with Crippen LogP contribution in [0.15, 0.2) is 41.9 Å². The summed E-state index contributed by atoms with van der Waals surface area (Å²) in [4.78, 5) is 21.0. The maximum Gasteiger partial charge on any atom is 0.244 e. The second kappa shape index (κ2) is 9.21. The van der Waals surface area contributed by atoms with E-state index >= 15 is 0 Å². The van der Waals surface area contributed by atoms with E-state index in [0.717, 1.165) is 23.7 Å². The lowest BCUT2D eigenvalue weighted by atomic mass is 10.0. The van der Waals surface area contributed by atoms with Crippen molar-refractivity contribution in [3.05, 3.63) is 58.3 Å². The second-order valence-electron chi connectivity index (χ2n) is 6.83. The minimum absolute atomic E-state index is 0.0671. The van der Waals surface area contributed by atoms with Gasteiger partial charge in [0, 0.05) is 31.7 Å². The number of rotatable bonds is 7. The Bertz CT molecular complexity index is 910. The highest BCUT2D eigenvalue weighted by atomic mass is 32.1. The Morgan fingerprint density at radius 1 is 1.28 bits per heavy atom. The molecule has 1 saturated heterocycles. The molecule has 1 atom stereocenters. The molecule has 1 amide bonds. The van der Waals surface area contributed by atoms with Crippen molar-refractivity contribution in [1.29, 1.82) is 0 Å². The van der Waals surface area contributed by atoms with Crippen molar-refractivity contribution in [2.24, 2.45) is 0 Å². The molecule has 152 valence electrons. The van der Waals surface area contributed by atoms with E-state index in [9.17, 15) is 4.79 Å². The fourth-order valence-electron chi connectivity index (χ4n) is 3.39. The maximum atomic E-state index is 12.8. The summed E-state index contributed by atoms with van der Waals surface area (Å²) in [5, 5.41) is 15.1. The van der Waals surface area contributed by atoms with Gasteiger partial charge in [0.1, 0.15) is 11.6 Å². The molecule has 29 heavy (non-hydrogen) atoms. The van der Waals surface area contributed by atoms with Gasteiger partial charge in [-0.25, -0.2) is 9.67 Å². The summed E-state index contributed by atoms with van der Waals surface area (Å²) in [6, 6.07) is 9.99. The van der Waals surface area contributed by atoms with E-state index in [4.69, 9.17) is 4.74 Å². The van der Waals surface area contributed by atoms with Crippen molar-refractivity contribution in [2.75, 3.05) is 33.4 Å². The molecule has 1 unspecified atom stereocenters. The summed E-state index contributed by atoms with van der Waals surface area (Å²) < 4.78 is 7.12. The van der Waals surface area contributed by atoms with Gasteiger partial charge in [0.2, 0.25) is 5.91 Å². The highest BCUT2D eigenvalue weighted by Crippen LogP contribution is 2.27. The van der Waals surface area contributed by atoms with Crippen LogP contribution in [0.25, 0.3) is 0 Å². The Hall–Kier alpha value is -2.69. The fourth-order valence-corrected chi connectivity index (χ4v) is 4.05. The van der Waals surface area contributed by atoms with Crippen molar-refractivity contribution < 1.29 is 9.53 Å². The normalized spacial score (nSPS) is 15.9. The molecule has 1 aromatic carbocycles. The molecule has 0 N–H and O–H groups in total. The summed E-state index contributed by atoms with van der Waals surface area (Å²) in [5.41, 5.74) is 1.09. The number of aromatic nitrogens is 5. The molecular formula is C19H23N7O2S. The molecule has 1 aliphatic heterocycles. The van der Waals surface area contributed by atoms with E-state index in [1.165, 1.54) is 11.3 Å². The van der Waals surface area contributed by atoms with Crippen LogP contribution in [0.5, 0.6) is 0 Å². The number of benzene rings is 1. The molecule has 0 spiro atoms. The lowest BCUT2D eigenvalue weighted by Gasteiger charge is -2.33. The Morgan fingerprint density at radius 3 is 2.79 bits per heavy atom. The number of ether oxygens (including phenoxy) is 1. The van der Waals surface area contributed by atoms with Gasteiger partial charge in [-0.3, -0.25) is 9.69 Å². The smallest absolute Gasteiger partial charge is 0.244 e. The number of tetrazole rings is 1. The first-order chi connectivity index (χ1) is 14.2. The summed E-state index contributed by atoms with van der Waals surface area (Å²) in [5.74, 6) is 0.594. The third-order valence-corrected chi connectivity index (χ3v) is 5.66. The minimum atomic E-state index is -0.132. The largest absolute Gasteiger partial charge is 0.379 e. The van der Waals surface area contributed by atoms with Gasteiger partial charge in [0.15, 0.2) is 5.82 Å². The molecule has 1 aliphatic rings. The summed E-state index contributed by atoms with van der Waals surface area (Å²) in [7, 11) is 1.77. The first-order valence-electron chi connectivity index (χ1n) is 9.47. The summed E-state index contributed by atoms with van der Waals surface area (Å²) in [6.07, 6.45) is 1.74. The molecule has 10 heteroatoms. The number of carbonyl (C=O) groups is 1. The predicted molar refractivity (Wildman–Crippen MR) is 107 cm³/mol. The first-order valence-corrected chi connectivity index (χ1v) is 10.4. The van der Waals surface area contributed by atoms with Crippen molar-refractivity contribution >= 4 is 17.2 Å². The standard InChI is InChI=1S/C19H23N7O2S/c1-24(13-16-20-7-12-29-16)17(27)14-26-19(21-22-23-26)18(15-5-3-2-4-6-15)25-8-10-28-11-9-25/h2-7,12,18H,8-11,13-14H2,1H3. The van der Waals surface area contributed by atoms with Crippen molar-refractivity contribution in [1.82, 2.24) is 35.0 Å². The Kier molecular flexibility index (Phi) is 6.23.